The molecule has 1 aliphatic heterocycles. The van der Waals surface area contributed by atoms with Gasteiger partial charge in [0.15, 0.2) is 0 Å². The van der Waals surface area contributed by atoms with Crippen molar-refractivity contribution in [1.82, 2.24) is 9.80 Å². The molecule has 3 rings (SSSR count). The van der Waals surface area contributed by atoms with Crippen molar-refractivity contribution in [3.05, 3.63) is 71.8 Å². The molecule has 138 valence electrons. The Morgan fingerprint density at radius 1 is 0.846 bits per heavy atom. The minimum atomic E-state index is 0.259. The molecule has 2 aromatic rings. The van der Waals surface area contributed by atoms with Crippen LogP contribution in [0.2, 0.25) is 0 Å². The molecule has 2 aromatic carbocycles. The molecule has 0 radical (unpaired) electrons. The lowest BCUT2D eigenvalue weighted by Crippen LogP contribution is -2.49. The summed E-state index contributed by atoms with van der Waals surface area (Å²) in [5.41, 5.74) is 2.64. The maximum absolute atomic E-state index is 12.4. The van der Waals surface area contributed by atoms with Gasteiger partial charge in [-0.15, -0.1) is 0 Å². The predicted molar refractivity (Wildman–Crippen MR) is 107 cm³/mol. The van der Waals surface area contributed by atoms with Gasteiger partial charge in [-0.2, -0.15) is 0 Å². The molecule has 1 heterocycles. The summed E-state index contributed by atoms with van der Waals surface area (Å²) in [5.74, 6) is 0.328. The minimum absolute atomic E-state index is 0.259. The summed E-state index contributed by atoms with van der Waals surface area (Å²) in [6.07, 6.45) is 4.04. The van der Waals surface area contributed by atoms with Crippen LogP contribution in [0.5, 0.6) is 0 Å². The first-order valence-corrected chi connectivity index (χ1v) is 9.91. The van der Waals surface area contributed by atoms with E-state index in [9.17, 15) is 4.79 Å². The Kier molecular flexibility index (Phi) is 6.84. The van der Waals surface area contributed by atoms with E-state index < -0.39 is 0 Å². The molecule has 0 bridgehead atoms. The van der Waals surface area contributed by atoms with Crippen molar-refractivity contribution in [1.29, 1.82) is 0 Å². The first kappa shape index (κ1) is 18.7. The van der Waals surface area contributed by atoms with Gasteiger partial charge in [-0.1, -0.05) is 80.4 Å². The number of piperazine rings is 1. The van der Waals surface area contributed by atoms with Crippen molar-refractivity contribution < 1.29 is 4.79 Å². The molecule has 1 aliphatic rings. The number of amides is 1. The van der Waals surface area contributed by atoms with E-state index in [1.165, 1.54) is 11.1 Å². The molecule has 0 unspecified atom stereocenters. The van der Waals surface area contributed by atoms with Gasteiger partial charge in [-0.05, 0) is 17.5 Å². The first-order chi connectivity index (χ1) is 12.8. The Morgan fingerprint density at radius 2 is 1.38 bits per heavy atom. The highest BCUT2D eigenvalue weighted by Gasteiger charge is 2.27. The van der Waals surface area contributed by atoms with E-state index in [0.717, 1.165) is 45.4 Å². The lowest BCUT2D eigenvalue weighted by Gasteiger charge is -2.40. The topological polar surface area (TPSA) is 23.6 Å². The largest absolute Gasteiger partial charge is 0.340 e. The van der Waals surface area contributed by atoms with Crippen LogP contribution in [0.25, 0.3) is 0 Å². The average Bonchev–Trinajstić information content (AvgIpc) is 2.70. The standard InChI is InChI=1S/C23H30N2O/c1-2-3-6-15-22(26)24-16-18-25(19-17-24)23(20-11-7-4-8-12-20)21-13-9-5-10-14-21/h4-5,7-14,23H,2-3,6,15-19H2,1H3. The van der Waals surface area contributed by atoms with Crippen LogP contribution in [-0.2, 0) is 4.79 Å². The van der Waals surface area contributed by atoms with Gasteiger partial charge in [0.25, 0.3) is 0 Å². The van der Waals surface area contributed by atoms with Crippen molar-refractivity contribution in [3.63, 3.8) is 0 Å². The second-order valence-corrected chi connectivity index (χ2v) is 7.10. The van der Waals surface area contributed by atoms with Crippen LogP contribution in [0.1, 0.15) is 49.8 Å². The molecule has 26 heavy (non-hydrogen) atoms. The maximum Gasteiger partial charge on any atom is 0.222 e. The van der Waals surface area contributed by atoms with Gasteiger partial charge in [0.1, 0.15) is 0 Å². The SMILES string of the molecule is CCCCCC(=O)N1CCN(C(c2ccccc2)c2ccccc2)CC1. The monoisotopic (exact) mass is 350 g/mol. The van der Waals surface area contributed by atoms with Crippen LogP contribution >= 0.6 is 0 Å². The van der Waals surface area contributed by atoms with Gasteiger partial charge in [0.05, 0.1) is 6.04 Å². The van der Waals surface area contributed by atoms with E-state index in [0.29, 0.717) is 12.3 Å². The molecule has 0 N–H and O–H groups in total. The highest BCUT2D eigenvalue weighted by molar-refractivity contribution is 5.76. The molecule has 1 saturated heterocycles. The van der Waals surface area contributed by atoms with Crippen LogP contribution < -0.4 is 0 Å². The molecule has 1 amide bonds. The Hall–Kier alpha value is -2.13. The summed E-state index contributed by atoms with van der Waals surface area (Å²) in [6, 6.07) is 21.7. The van der Waals surface area contributed by atoms with Crippen LogP contribution in [0.4, 0.5) is 0 Å². The fraction of sp³-hybridized carbons (Fsp3) is 0.435. The Labute approximate surface area is 157 Å². The van der Waals surface area contributed by atoms with E-state index >= 15 is 0 Å². The fourth-order valence-electron chi connectivity index (χ4n) is 3.80. The summed E-state index contributed by atoms with van der Waals surface area (Å²) >= 11 is 0. The lowest BCUT2D eigenvalue weighted by molar-refractivity contribution is -0.133. The van der Waals surface area contributed by atoms with E-state index in [2.05, 4.69) is 77.4 Å². The second-order valence-electron chi connectivity index (χ2n) is 7.10. The summed E-state index contributed by atoms with van der Waals surface area (Å²) in [6.45, 7) is 5.70. The summed E-state index contributed by atoms with van der Waals surface area (Å²) < 4.78 is 0. The van der Waals surface area contributed by atoms with Gasteiger partial charge < -0.3 is 4.90 Å². The number of benzene rings is 2. The number of unbranched alkanes of at least 4 members (excludes halogenated alkanes) is 2. The van der Waals surface area contributed by atoms with Crippen LogP contribution in [0, 0.1) is 0 Å². The first-order valence-electron chi connectivity index (χ1n) is 9.91. The molecular weight excluding hydrogens is 320 g/mol. The van der Waals surface area contributed by atoms with Gasteiger partial charge in [0.2, 0.25) is 5.91 Å². The van der Waals surface area contributed by atoms with Crippen molar-refractivity contribution in [2.45, 2.75) is 38.6 Å². The molecule has 0 atom stereocenters. The van der Waals surface area contributed by atoms with E-state index in [1.54, 1.807) is 0 Å². The zero-order chi connectivity index (χ0) is 18.2. The second kappa shape index (κ2) is 9.54. The van der Waals surface area contributed by atoms with E-state index in [-0.39, 0.29) is 6.04 Å². The average molecular weight is 351 g/mol. The third kappa shape index (κ3) is 4.73. The third-order valence-electron chi connectivity index (χ3n) is 5.26. The van der Waals surface area contributed by atoms with Gasteiger partial charge in [0, 0.05) is 32.6 Å². The van der Waals surface area contributed by atoms with Crippen LogP contribution in [0.3, 0.4) is 0 Å². The van der Waals surface area contributed by atoms with Crippen molar-refractivity contribution in [3.8, 4) is 0 Å². The molecule has 3 heteroatoms. The molecular formula is C23H30N2O. The summed E-state index contributed by atoms with van der Waals surface area (Å²) in [7, 11) is 0. The molecule has 0 spiro atoms. The zero-order valence-electron chi connectivity index (χ0n) is 15.8. The van der Waals surface area contributed by atoms with Crippen LogP contribution in [0.15, 0.2) is 60.7 Å². The van der Waals surface area contributed by atoms with E-state index in [1.807, 2.05) is 0 Å². The number of nitrogens with zero attached hydrogens (tertiary/aromatic N) is 2. The number of rotatable bonds is 7. The van der Waals surface area contributed by atoms with Gasteiger partial charge in [-0.25, -0.2) is 0 Å². The highest BCUT2D eigenvalue weighted by atomic mass is 16.2. The number of hydrogen-bond acceptors (Lipinski definition) is 2. The highest BCUT2D eigenvalue weighted by Crippen LogP contribution is 2.29. The molecule has 1 fully saturated rings. The number of hydrogen-bond donors (Lipinski definition) is 0. The summed E-state index contributed by atoms with van der Waals surface area (Å²) in [5, 5.41) is 0. The number of carbonyl (C=O) groups excluding carboxylic acids is 1. The van der Waals surface area contributed by atoms with E-state index in [4.69, 9.17) is 0 Å². The quantitative estimate of drug-likeness (QED) is 0.687. The molecule has 0 saturated carbocycles. The zero-order valence-corrected chi connectivity index (χ0v) is 15.8. The number of carbonyl (C=O) groups is 1. The molecule has 0 aromatic heterocycles. The minimum Gasteiger partial charge on any atom is -0.340 e. The third-order valence-corrected chi connectivity index (χ3v) is 5.26. The Balaban J connectivity index is 1.67. The predicted octanol–water partition coefficient (Wildman–Crippen LogP) is 4.50. The summed E-state index contributed by atoms with van der Waals surface area (Å²) in [4.78, 5) is 17.0. The van der Waals surface area contributed by atoms with Crippen LogP contribution in [-0.4, -0.2) is 41.9 Å². The fourth-order valence-corrected chi connectivity index (χ4v) is 3.80. The Morgan fingerprint density at radius 3 is 1.88 bits per heavy atom. The van der Waals surface area contributed by atoms with Crippen molar-refractivity contribution in [2.24, 2.45) is 0 Å². The molecule has 0 aliphatic carbocycles. The smallest absolute Gasteiger partial charge is 0.222 e. The van der Waals surface area contributed by atoms with Gasteiger partial charge in [-0.3, -0.25) is 9.69 Å². The van der Waals surface area contributed by atoms with Crippen molar-refractivity contribution in [2.75, 3.05) is 26.2 Å². The normalized spacial score (nSPS) is 15.4. The Bertz CT molecular complexity index is 624. The van der Waals surface area contributed by atoms with Gasteiger partial charge >= 0.3 is 0 Å². The molecule has 3 nitrogen and oxygen atoms in total. The lowest BCUT2D eigenvalue weighted by atomic mass is 9.96. The maximum atomic E-state index is 12.4. The van der Waals surface area contributed by atoms with Crippen molar-refractivity contribution >= 4 is 5.91 Å².